The number of benzene rings is 8. The lowest BCUT2D eigenvalue weighted by molar-refractivity contribution is 0.590. The number of fused-ring (bicyclic) bond motifs is 15. The highest BCUT2D eigenvalue weighted by molar-refractivity contribution is 7.00. The van der Waals surface area contributed by atoms with E-state index >= 15 is 0 Å². The van der Waals surface area contributed by atoms with Crippen molar-refractivity contribution in [2.45, 2.75) is 105 Å². The Bertz CT molecular complexity index is 3690. The molecule has 5 heteroatoms. The smallest absolute Gasteiger partial charge is 0.252 e. The van der Waals surface area contributed by atoms with Gasteiger partial charge < -0.3 is 9.47 Å². The molecule has 0 radical (unpaired) electrons. The first kappa shape index (κ1) is 40.1. The highest BCUT2D eigenvalue weighted by Gasteiger charge is 2.45. The van der Waals surface area contributed by atoms with E-state index in [9.17, 15) is 0 Å². The standard InChI is InChI=1S/C60H57BN4/c1-57(2,3)34-21-25-38(26-22-34)64-49-28-24-36(59(7,8)9)31-45(49)61-46-32-37(60(10,11)12)30-44-43-29-35(58(4,5)6)23-27-48(43)65(55(44)46)50-33-47-54(56(64)51(50)61)63-53-42-20-16-14-18-40(42)39-17-13-15-19-41(39)52(53)62-47/h13-33H,1-12H3. The third-order valence-electron chi connectivity index (χ3n) is 14.7. The Labute approximate surface area is 383 Å². The summed E-state index contributed by atoms with van der Waals surface area (Å²) in [5.41, 5.74) is 20.0. The van der Waals surface area contributed by atoms with Crippen molar-refractivity contribution in [2.24, 2.45) is 0 Å². The Balaban J connectivity index is 1.32. The van der Waals surface area contributed by atoms with E-state index < -0.39 is 0 Å². The predicted molar refractivity (Wildman–Crippen MR) is 281 cm³/mol. The van der Waals surface area contributed by atoms with E-state index in [4.69, 9.17) is 9.97 Å². The van der Waals surface area contributed by atoms with Crippen LogP contribution in [0.25, 0.3) is 71.1 Å². The summed E-state index contributed by atoms with van der Waals surface area (Å²) in [5.74, 6) is 0. The Morgan fingerprint density at radius 1 is 0.415 bits per heavy atom. The van der Waals surface area contributed by atoms with Crippen LogP contribution >= 0.6 is 0 Å². The molecule has 0 aliphatic carbocycles. The van der Waals surface area contributed by atoms with E-state index in [1.54, 1.807) is 0 Å². The summed E-state index contributed by atoms with van der Waals surface area (Å²) in [6.07, 6.45) is 0. The zero-order chi connectivity index (χ0) is 45.3. The molecule has 0 amide bonds. The zero-order valence-electron chi connectivity index (χ0n) is 40.0. The fourth-order valence-corrected chi connectivity index (χ4v) is 11.1. The summed E-state index contributed by atoms with van der Waals surface area (Å²) in [5, 5.41) is 7.26. The van der Waals surface area contributed by atoms with Gasteiger partial charge in [-0.25, -0.2) is 9.97 Å². The fraction of sp³-hybridized carbons (Fsp3) is 0.267. The summed E-state index contributed by atoms with van der Waals surface area (Å²) >= 11 is 0. The quantitative estimate of drug-likeness (QED) is 0.0938. The molecule has 12 rings (SSSR count). The van der Waals surface area contributed by atoms with Crippen molar-refractivity contribution < 1.29 is 0 Å². The van der Waals surface area contributed by atoms with Gasteiger partial charge in [0, 0.05) is 44.1 Å². The highest BCUT2D eigenvalue weighted by atomic mass is 15.2. The number of nitrogens with zero attached hydrogens (tertiary/aromatic N) is 4. The van der Waals surface area contributed by atoms with Gasteiger partial charge in [-0.3, -0.25) is 0 Å². The molecule has 2 aliphatic rings. The average Bonchev–Trinajstić information content (AvgIpc) is 3.60. The molecular formula is C60H57BN4. The van der Waals surface area contributed by atoms with Crippen LogP contribution in [0.15, 0.2) is 127 Å². The Kier molecular flexibility index (Phi) is 8.07. The molecule has 0 atom stereocenters. The zero-order valence-corrected chi connectivity index (χ0v) is 40.0. The number of anilines is 3. The number of hydrogen-bond donors (Lipinski definition) is 0. The predicted octanol–water partition coefficient (Wildman–Crippen LogP) is 14.0. The van der Waals surface area contributed by atoms with E-state index in [0.717, 1.165) is 44.2 Å². The van der Waals surface area contributed by atoms with Crippen molar-refractivity contribution >= 4 is 106 Å². The maximum atomic E-state index is 5.90. The normalized spacial score (nSPS) is 14.1. The molecule has 320 valence electrons. The molecule has 2 aliphatic heterocycles. The van der Waals surface area contributed by atoms with Crippen molar-refractivity contribution in [3.05, 3.63) is 150 Å². The van der Waals surface area contributed by atoms with Crippen molar-refractivity contribution in [2.75, 3.05) is 4.90 Å². The van der Waals surface area contributed by atoms with Gasteiger partial charge in [0.15, 0.2) is 0 Å². The first-order valence-corrected chi connectivity index (χ1v) is 23.5. The van der Waals surface area contributed by atoms with Gasteiger partial charge in [-0.2, -0.15) is 0 Å². The number of aromatic nitrogens is 3. The van der Waals surface area contributed by atoms with Gasteiger partial charge in [-0.1, -0.05) is 168 Å². The summed E-state index contributed by atoms with van der Waals surface area (Å²) in [6, 6.07) is 48.7. The van der Waals surface area contributed by atoms with Crippen molar-refractivity contribution in [1.82, 2.24) is 14.5 Å². The Morgan fingerprint density at radius 2 is 0.938 bits per heavy atom. The molecule has 0 bridgehead atoms. The van der Waals surface area contributed by atoms with E-state index in [1.807, 2.05) is 0 Å². The second-order valence-electron chi connectivity index (χ2n) is 23.2. The average molecular weight is 845 g/mol. The van der Waals surface area contributed by atoms with Crippen LogP contribution in [0.1, 0.15) is 105 Å². The SMILES string of the molecule is CC(C)(C)c1ccc(N2c3ccc(C(C)(C)C)cc3B3c4c(cc5nc6c7ccccc7c7ccccc7c6nc5c42)-n2c4ccc(C(C)(C)C)cc4c4cc(C(C)(C)C)cc3c42)cc1. The van der Waals surface area contributed by atoms with Gasteiger partial charge in [-0.15, -0.1) is 0 Å². The minimum absolute atomic E-state index is 0.00504. The summed E-state index contributed by atoms with van der Waals surface area (Å²) in [7, 11) is 0. The maximum Gasteiger partial charge on any atom is 0.252 e. The van der Waals surface area contributed by atoms with Crippen molar-refractivity contribution in [3.8, 4) is 5.69 Å². The van der Waals surface area contributed by atoms with Crippen LogP contribution in [0.5, 0.6) is 0 Å². The minimum Gasteiger partial charge on any atom is -0.310 e. The van der Waals surface area contributed by atoms with Crippen LogP contribution in [0.4, 0.5) is 17.1 Å². The lowest BCUT2D eigenvalue weighted by atomic mass is 9.33. The molecule has 0 saturated heterocycles. The summed E-state index contributed by atoms with van der Waals surface area (Å²) in [4.78, 5) is 14.2. The fourth-order valence-electron chi connectivity index (χ4n) is 11.1. The van der Waals surface area contributed by atoms with Crippen LogP contribution in [-0.2, 0) is 21.7 Å². The molecule has 8 aromatic carbocycles. The van der Waals surface area contributed by atoms with Gasteiger partial charge in [-0.05, 0) is 114 Å². The Morgan fingerprint density at radius 3 is 1.55 bits per heavy atom. The highest BCUT2D eigenvalue weighted by Crippen LogP contribution is 2.47. The first-order chi connectivity index (χ1) is 30.8. The molecule has 4 nitrogen and oxygen atoms in total. The molecule has 65 heavy (non-hydrogen) atoms. The lowest BCUT2D eigenvalue weighted by Crippen LogP contribution is -2.61. The summed E-state index contributed by atoms with van der Waals surface area (Å²) < 4.78 is 2.59. The second kappa shape index (κ2) is 13.1. The van der Waals surface area contributed by atoms with Crippen LogP contribution in [0.2, 0.25) is 0 Å². The largest absolute Gasteiger partial charge is 0.310 e. The third kappa shape index (κ3) is 5.76. The van der Waals surface area contributed by atoms with Gasteiger partial charge in [0.1, 0.15) is 5.52 Å². The lowest BCUT2D eigenvalue weighted by Gasteiger charge is -2.41. The molecule has 0 unspecified atom stereocenters. The van der Waals surface area contributed by atoms with Gasteiger partial charge >= 0.3 is 0 Å². The van der Waals surface area contributed by atoms with Gasteiger partial charge in [0.05, 0.1) is 27.8 Å². The molecular weight excluding hydrogens is 787 g/mol. The summed E-state index contributed by atoms with van der Waals surface area (Å²) in [6.45, 7) is 27.9. The van der Waals surface area contributed by atoms with Gasteiger partial charge in [0.2, 0.25) is 0 Å². The minimum atomic E-state index is -0.0763. The Hall–Kier alpha value is -6.46. The molecule has 0 N–H and O–H groups in total. The van der Waals surface area contributed by atoms with Crippen LogP contribution in [0.3, 0.4) is 0 Å². The van der Waals surface area contributed by atoms with Crippen LogP contribution in [0, 0.1) is 0 Å². The van der Waals surface area contributed by atoms with E-state index in [-0.39, 0.29) is 28.4 Å². The molecule has 0 fully saturated rings. The van der Waals surface area contributed by atoms with Crippen molar-refractivity contribution in [1.29, 1.82) is 0 Å². The molecule has 0 spiro atoms. The van der Waals surface area contributed by atoms with E-state index in [0.29, 0.717) is 0 Å². The number of hydrogen-bond acceptors (Lipinski definition) is 3. The maximum absolute atomic E-state index is 5.90. The number of rotatable bonds is 1. The second-order valence-corrected chi connectivity index (χ2v) is 23.2. The topological polar surface area (TPSA) is 34.0 Å². The van der Waals surface area contributed by atoms with Gasteiger partial charge in [0.25, 0.3) is 6.71 Å². The van der Waals surface area contributed by atoms with E-state index in [2.05, 4.69) is 220 Å². The first-order valence-electron chi connectivity index (χ1n) is 23.5. The molecule has 10 aromatic rings. The molecule has 0 saturated carbocycles. The molecule has 2 aromatic heterocycles. The van der Waals surface area contributed by atoms with E-state index in [1.165, 1.54) is 82.6 Å². The van der Waals surface area contributed by atoms with Crippen LogP contribution in [-0.4, -0.2) is 21.2 Å². The van der Waals surface area contributed by atoms with Crippen molar-refractivity contribution in [3.63, 3.8) is 0 Å². The third-order valence-corrected chi connectivity index (χ3v) is 14.7. The monoisotopic (exact) mass is 844 g/mol. The van der Waals surface area contributed by atoms with Crippen LogP contribution < -0.4 is 21.3 Å². The molecule has 4 heterocycles.